The van der Waals surface area contributed by atoms with Crippen LogP contribution in [0.15, 0.2) is 12.1 Å². The van der Waals surface area contributed by atoms with Crippen LogP contribution in [-0.4, -0.2) is 68.3 Å². The molecule has 0 bridgehead atoms. The number of nitro groups is 3. The minimum atomic E-state index is -1.21. The summed E-state index contributed by atoms with van der Waals surface area (Å²) in [6, 6.07) is 0.894. The number of phenolic OH excluding ortho intramolecular Hbond substituents is 1. The van der Waals surface area contributed by atoms with Crippen LogP contribution in [0.1, 0.15) is 38.5 Å². The molecule has 2 saturated heterocycles. The smallest absolute Gasteiger partial charge is 0.324 e. The van der Waals surface area contributed by atoms with Gasteiger partial charge < -0.3 is 10.0 Å². The van der Waals surface area contributed by atoms with Gasteiger partial charge in [-0.3, -0.25) is 40.0 Å². The number of hydrogen-bond acceptors (Lipinski definition) is 9. The molecule has 0 aromatic heterocycles. The fourth-order valence-electron chi connectivity index (χ4n) is 3.53. The molecule has 13 nitrogen and oxygen atoms in total. The number of carbonyl (C=O) groups is 1. The molecule has 31 heavy (non-hydrogen) atoms. The summed E-state index contributed by atoms with van der Waals surface area (Å²) in [7, 11) is 0. The Morgan fingerprint density at radius 2 is 1.26 bits per heavy atom. The van der Waals surface area contributed by atoms with Crippen molar-refractivity contribution in [1.82, 2.24) is 9.80 Å². The van der Waals surface area contributed by atoms with Gasteiger partial charge in [0.2, 0.25) is 5.91 Å². The number of aromatic hydroxyl groups is 1. The lowest BCUT2D eigenvalue weighted by atomic mass is 10.1. The topological polar surface area (TPSA) is 173 Å². The average molecular weight is 439 g/mol. The summed E-state index contributed by atoms with van der Waals surface area (Å²) < 4.78 is 0. The summed E-state index contributed by atoms with van der Waals surface area (Å²) in [4.78, 5) is 44.1. The monoisotopic (exact) mass is 439 g/mol. The first kappa shape index (κ1) is 23.9. The number of piperidine rings is 2. The first-order valence-corrected chi connectivity index (χ1v) is 10.0. The number of non-ortho nitro benzene ring substituents is 1. The second kappa shape index (κ2) is 11.2. The molecule has 2 heterocycles. The highest BCUT2D eigenvalue weighted by Gasteiger charge is 2.30. The van der Waals surface area contributed by atoms with Gasteiger partial charge in [0.25, 0.3) is 11.4 Å². The van der Waals surface area contributed by atoms with Crippen LogP contribution in [0.25, 0.3) is 0 Å². The van der Waals surface area contributed by atoms with Crippen LogP contribution < -0.4 is 0 Å². The van der Waals surface area contributed by atoms with E-state index in [4.69, 9.17) is 5.11 Å². The Kier molecular flexibility index (Phi) is 8.61. The Balaban J connectivity index is 0.000000220. The second-order valence-electron chi connectivity index (χ2n) is 7.38. The van der Waals surface area contributed by atoms with E-state index in [-0.39, 0.29) is 0 Å². The van der Waals surface area contributed by atoms with Gasteiger partial charge in [0.05, 0.1) is 33.4 Å². The maximum absolute atomic E-state index is 12.0. The number of nitrogens with zero attached hydrogens (tertiary/aromatic N) is 5. The fraction of sp³-hybridized carbons (Fsp3) is 0.611. The highest BCUT2D eigenvalue weighted by molar-refractivity contribution is 5.78. The van der Waals surface area contributed by atoms with E-state index in [0.717, 1.165) is 26.2 Å². The summed E-state index contributed by atoms with van der Waals surface area (Å²) >= 11 is 0. The quantitative estimate of drug-likeness (QED) is 0.534. The zero-order chi connectivity index (χ0) is 23.0. The van der Waals surface area contributed by atoms with Gasteiger partial charge in [-0.05, 0) is 45.2 Å². The Labute approximate surface area is 177 Å². The molecule has 1 amide bonds. The maximum Gasteiger partial charge on any atom is 0.324 e. The Morgan fingerprint density at radius 1 is 0.806 bits per heavy atom. The first-order valence-electron chi connectivity index (χ1n) is 10.0. The van der Waals surface area contributed by atoms with Gasteiger partial charge in [-0.15, -0.1) is 0 Å². The Morgan fingerprint density at radius 3 is 1.68 bits per heavy atom. The zero-order valence-electron chi connectivity index (χ0n) is 17.0. The number of rotatable bonds is 5. The Bertz CT molecular complexity index is 799. The van der Waals surface area contributed by atoms with E-state index >= 15 is 0 Å². The molecule has 2 aliphatic heterocycles. The first-order chi connectivity index (χ1) is 14.7. The normalized spacial score (nSPS) is 16.7. The standard InChI is InChI=1S/C12H22N2O.C6H3N3O7/c15-12(14-9-5-2-6-10-14)11-13-7-3-1-4-8-13;10-6-4(8(13)14)1-3(7(11)12)2-5(6)9(15)16/h1-11H2;1-2,10H. The molecular weight excluding hydrogens is 414 g/mol. The van der Waals surface area contributed by atoms with Crippen LogP contribution in [0, 0.1) is 30.3 Å². The third-order valence-electron chi connectivity index (χ3n) is 5.17. The van der Waals surface area contributed by atoms with Crippen LogP contribution in [0.4, 0.5) is 17.1 Å². The summed E-state index contributed by atoms with van der Waals surface area (Å²) in [5.74, 6) is -0.850. The highest BCUT2D eigenvalue weighted by atomic mass is 16.6. The van der Waals surface area contributed by atoms with Crippen molar-refractivity contribution in [3.63, 3.8) is 0 Å². The van der Waals surface area contributed by atoms with Gasteiger partial charge in [0, 0.05) is 13.1 Å². The molecule has 1 aromatic carbocycles. The van der Waals surface area contributed by atoms with Crippen molar-refractivity contribution in [2.75, 3.05) is 32.7 Å². The molecule has 3 rings (SSSR count). The third kappa shape index (κ3) is 6.84. The molecule has 0 spiro atoms. The molecular formula is C18H25N5O8. The number of benzene rings is 1. The van der Waals surface area contributed by atoms with Crippen molar-refractivity contribution in [3.05, 3.63) is 42.5 Å². The predicted molar refractivity (Wildman–Crippen MR) is 109 cm³/mol. The van der Waals surface area contributed by atoms with E-state index in [1.54, 1.807) is 0 Å². The van der Waals surface area contributed by atoms with Gasteiger partial charge in [0.1, 0.15) is 0 Å². The van der Waals surface area contributed by atoms with E-state index in [0.29, 0.717) is 24.6 Å². The van der Waals surface area contributed by atoms with Gasteiger partial charge in [-0.2, -0.15) is 0 Å². The Hall–Kier alpha value is -3.35. The lowest BCUT2D eigenvalue weighted by Crippen LogP contribution is -2.44. The van der Waals surface area contributed by atoms with Gasteiger partial charge in [-0.1, -0.05) is 6.42 Å². The van der Waals surface area contributed by atoms with E-state index in [9.17, 15) is 35.1 Å². The van der Waals surface area contributed by atoms with E-state index in [1.165, 1.54) is 38.5 Å². The maximum atomic E-state index is 12.0. The molecule has 0 saturated carbocycles. The van der Waals surface area contributed by atoms with E-state index in [1.807, 2.05) is 0 Å². The van der Waals surface area contributed by atoms with E-state index < -0.39 is 37.6 Å². The summed E-state index contributed by atoms with van der Waals surface area (Å²) in [5, 5.41) is 40.2. The zero-order valence-corrected chi connectivity index (χ0v) is 17.0. The number of likely N-dealkylation sites (tertiary alicyclic amines) is 2. The largest absolute Gasteiger partial charge is 0.497 e. The lowest BCUT2D eigenvalue weighted by Gasteiger charge is -2.31. The molecule has 0 unspecified atom stereocenters. The number of nitro benzene ring substituents is 3. The molecule has 2 aliphatic rings. The third-order valence-corrected chi connectivity index (χ3v) is 5.17. The van der Waals surface area contributed by atoms with Crippen LogP contribution >= 0.6 is 0 Å². The van der Waals surface area contributed by atoms with Crippen molar-refractivity contribution in [1.29, 1.82) is 0 Å². The van der Waals surface area contributed by atoms with Crippen molar-refractivity contribution in [2.45, 2.75) is 38.5 Å². The minimum Gasteiger partial charge on any atom is -0.497 e. The van der Waals surface area contributed by atoms with E-state index in [2.05, 4.69) is 9.80 Å². The number of phenols is 1. The highest BCUT2D eigenvalue weighted by Crippen LogP contribution is 2.38. The summed E-state index contributed by atoms with van der Waals surface area (Å²) in [6.07, 6.45) is 7.58. The molecule has 0 atom stereocenters. The molecule has 1 N–H and O–H groups in total. The summed E-state index contributed by atoms with van der Waals surface area (Å²) in [5.41, 5.74) is -3.00. The lowest BCUT2D eigenvalue weighted by molar-refractivity contribution is -0.404. The van der Waals surface area contributed by atoms with Gasteiger partial charge >= 0.3 is 11.4 Å². The van der Waals surface area contributed by atoms with Crippen LogP contribution in [0.5, 0.6) is 5.75 Å². The number of hydrogen-bond donors (Lipinski definition) is 1. The molecule has 13 heteroatoms. The van der Waals surface area contributed by atoms with Crippen molar-refractivity contribution in [2.24, 2.45) is 0 Å². The second-order valence-corrected chi connectivity index (χ2v) is 7.38. The minimum absolute atomic E-state index is 0.358. The predicted octanol–water partition coefficient (Wildman–Crippen LogP) is 2.60. The van der Waals surface area contributed by atoms with Crippen molar-refractivity contribution < 1.29 is 24.7 Å². The molecule has 1 aromatic rings. The van der Waals surface area contributed by atoms with Crippen LogP contribution in [-0.2, 0) is 4.79 Å². The fourth-order valence-corrected chi connectivity index (χ4v) is 3.53. The molecule has 0 radical (unpaired) electrons. The number of carbonyl (C=O) groups excluding carboxylic acids is 1. The van der Waals surface area contributed by atoms with Crippen molar-refractivity contribution >= 4 is 23.0 Å². The van der Waals surface area contributed by atoms with Gasteiger partial charge in [0.15, 0.2) is 0 Å². The number of amides is 1. The molecule has 0 aliphatic carbocycles. The van der Waals surface area contributed by atoms with Crippen LogP contribution in [0.3, 0.4) is 0 Å². The molecule has 2 fully saturated rings. The SMILES string of the molecule is O=C(CN1CCCCC1)N1CCCCC1.O=[N+]([O-])c1cc([N+](=O)[O-])c(O)c([N+](=O)[O-])c1. The molecule has 170 valence electrons. The average Bonchev–Trinajstić information content (AvgIpc) is 2.75. The van der Waals surface area contributed by atoms with Crippen molar-refractivity contribution in [3.8, 4) is 5.75 Å². The van der Waals surface area contributed by atoms with Gasteiger partial charge in [-0.25, -0.2) is 0 Å². The van der Waals surface area contributed by atoms with Crippen LogP contribution in [0.2, 0.25) is 0 Å². The summed E-state index contributed by atoms with van der Waals surface area (Å²) in [6.45, 7) is 4.90.